The number of hydrogen-bond acceptors (Lipinski definition) is 6. The van der Waals surface area contributed by atoms with Crippen molar-refractivity contribution in [1.29, 1.82) is 10.8 Å². The highest BCUT2D eigenvalue weighted by Crippen LogP contribution is 2.28. The van der Waals surface area contributed by atoms with Gasteiger partial charge < -0.3 is 10.2 Å². The van der Waals surface area contributed by atoms with Gasteiger partial charge in [0.2, 0.25) is 5.91 Å². The minimum absolute atomic E-state index is 0.0179. The number of pyridine rings is 1. The third-order valence-corrected chi connectivity index (χ3v) is 5.92. The molecule has 9 heteroatoms. The summed E-state index contributed by atoms with van der Waals surface area (Å²) in [6.07, 6.45) is 1.72. The van der Waals surface area contributed by atoms with Crippen molar-refractivity contribution in [3.05, 3.63) is 41.0 Å². The second-order valence-electron chi connectivity index (χ2n) is 6.69. The molecule has 1 unspecified atom stereocenters. The van der Waals surface area contributed by atoms with Gasteiger partial charge in [0, 0.05) is 50.7 Å². The molecule has 7 nitrogen and oxygen atoms in total. The van der Waals surface area contributed by atoms with Crippen LogP contribution in [0.1, 0.15) is 25.5 Å². The summed E-state index contributed by atoms with van der Waals surface area (Å²) in [5.41, 5.74) is 2.08. The summed E-state index contributed by atoms with van der Waals surface area (Å²) in [6, 6.07) is 8.23. The van der Waals surface area contributed by atoms with Gasteiger partial charge in [-0.2, -0.15) is 0 Å². The Hall–Kier alpha value is -2.16. The number of amidine groups is 2. The molecule has 0 bridgehead atoms. The Balaban J connectivity index is 1.59. The van der Waals surface area contributed by atoms with Crippen LogP contribution in [0.3, 0.4) is 0 Å². The van der Waals surface area contributed by atoms with Gasteiger partial charge in [0.25, 0.3) is 0 Å². The van der Waals surface area contributed by atoms with Crippen LogP contribution in [0.15, 0.2) is 30.5 Å². The predicted molar refractivity (Wildman–Crippen MR) is 115 cm³/mol. The maximum absolute atomic E-state index is 11.0. The first-order valence-electron chi connectivity index (χ1n) is 9.01. The van der Waals surface area contributed by atoms with Crippen molar-refractivity contribution in [1.82, 2.24) is 20.1 Å². The molecule has 2 aromatic rings. The number of thioether (sulfide) groups is 1. The van der Waals surface area contributed by atoms with Gasteiger partial charge in [-0.05, 0) is 36.4 Å². The zero-order chi connectivity index (χ0) is 20.3. The molecular weight excluding hydrogens is 396 g/mol. The van der Waals surface area contributed by atoms with Gasteiger partial charge in [-0.25, -0.2) is 0 Å². The van der Waals surface area contributed by atoms with Gasteiger partial charge in [-0.3, -0.25) is 25.5 Å². The summed E-state index contributed by atoms with van der Waals surface area (Å²) in [5, 5.41) is 20.2. The largest absolute Gasteiger partial charge is 0.349 e. The van der Waals surface area contributed by atoms with E-state index in [1.54, 1.807) is 12.3 Å². The van der Waals surface area contributed by atoms with Crippen molar-refractivity contribution in [3.8, 4) is 0 Å². The summed E-state index contributed by atoms with van der Waals surface area (Å²) in [4.78, 5) is 19.7. The van der Waals surface area contributed by atoms with E-state index in [9.17, 15) is 4.79 Å². The molecule has 1 atom stereocenters. The van der Waals surface area contributed by atoms with Gasteiger partial charge in [0.1, 0.15) is 0 Å². The molecule has 0 aliphatic carbocycles. The van der Waals surface area contributed by atoms with Gasteiger partial charge in [0.15, 0.2) is 10.3 Å². The first-order chi connectivity index (χ1) is 13.3. The molecule has 0 radical (unpaired) electrons. The maximum atomic E-state index is 11.0. The Morgan fingerprint density at radius 2 is 1.96 bits per heavy atom. The van der Waals surface area contributed by atoms with Crippen molar-refractivity contribution in [3.63, 3.8) is 0 Å². The van der Waals surface area contributed by atoms with Crippen LogP contribution in [0.4, 0.5) is 0 Å². The molecule has 1 aromatic heterocycles. The zero-order valence-corrected chi connectivity index (χ0v) is 17.4. The Kier molecular flexibility index (Phi) is 6.53. The molecule has 3 rings (SSSR count). The van der Waals surface area contributed by atoms with Crippen LogP contribution in [-0.2, 0) is 4.79 Å². The molecule has 1 aliphatic rings. The fourth-order valence-electron chi connectivity index (χ4n) is 3.26. The monoisotopic (exact) mass is 418 g/mol. The molecule has 1 saturated heterocycles. The molecular formula is C19H23ClN6OS. The highest BCUT2D eigenvalue weighted by atomic mass is 35.5. The molecule has 3 N–H and O–H groups in total. The summed E-state index contributed by atoms with van der Waals surface area (Å²) < 4.78 is 0. The highest BCUT2D eigenvalue weighted by molar-refractivity contribution is 8.26. The van der Waals surface area contributed by atoms with E-state index in [4.69, 9.17) is 22.4 Å². The Labute approximate surface area is 173 Å². The van der Waals surface area contributed by atoms with E-state index in [1.807, 2.05) is 11.0 Å². The number of aromatic nitrogens is 1. The highest BCUT2D eigenvalue weighted by Gasteiger charge is 2.24. The number of nitrogens with zero attached hydrogens (tertiary/aromatic N) is 3. The van der Waals surface area contributed by atoms with Crippen molar-refractivity contribution in [2.45, 2.75) is 19.9 Å². The quantitative estimate of drug-likeness (QED) is 0.513. The number of halogens is 1. The number of carbonyl (C=O) groups is 1. The molecule has 1 amide bonds. The van der Waals surface area contributed by atoms with E-state index in [0.717, 1.165) is 35.8 Å². The minimum atomic E-state index is -0.296. The van der Waals surface area contributed by atoms with Gasteiger partial charge in [0.05, 0.1) is 10.5 Å². The third-order valence-electron chi connectivity index (χ3n) is 4.83. The maximum Gasteiger partial charge on any atom is 0.222 e. The number of nitrogens with one attached hydrogen (secondary N) is 3. The Bertz CT molecular complexity index is 912. The number of hydrogen-bond donors (Lipinski definition) is 3. The third kappa shape index (κ3) is 4.81. The minimum Gasteiger partial charge on any atom is -0.349 e. The van der Waals surface area contributed by atoms with Crippen molar-refractivity contribution >= 4 is 50.5 Å². The summed E-state index contributed by atoms with van der Waals surface area (Å²) >= 11 is 7.20. The van der Waals surface area contributed by atoms with E-state index in [0.29, 0.717) is 18.1 Å². The van der Waals surface area contributed by atoms with Crippen molar-refractivity contribution in [2.75, 3.05) is 26.2 Å². The SMILES string of the molecule is CC(=O)NC(=N)SC(=N)N1CCN(C(C)c2ccc3c(Cl)ccnc3c2)CC1. The molecule has 0 saturated carbocycles. The normalized spacial score (nSPS) is 16.0. The van der Waals surface area contributed by atoms with Gasteiger partial charge in [-0.15, -0.1) is 0 Å². The van der Waals surface area contributed by atoms with Gasteiger partial charge in [-0.1, -0.05) is 23.7 Å². The van der Waals surface area contributed by atoms with Crippen LogP contribution in [0.5, 0.6) is 0 Å². The fraction of sp³-hybridized carbons (Fsp3) is 0.368. The number of rotatable bonds is 2. The lowest BCUT2D eigenvalue weighted by molar-refractivity contribution is -0.117. The number of piperazine rings is 1. The average Bonchev–Trinajstić information content (AvgIpc) is 2.66. The second-order valence-corrected chi connectivity index (χ2v) is 8.09. The van der Waals surface area contributed by atoms with Crippen LogP contribution in [0.2, 0.25) is 5.02 Å². The van der Waals surface area contributed by atoms with Crippen LogP contribution in [0, 0.1) is 10.8 Å². The van der Waals surface area contributed by atoms with Gasteiger partial charge >= 0.3 is 0 Å². The lowest BCUT2D eigenvalue weighted by Gasteiger charge is -2.39. The molecule has 1 fully saturated rings. The molecule has 28 heavy (non-hydrogen) atoms. The first-order valence-corrected chi connectivity index (χ1v) is 10.2. The number of fused-ring (bicyclic) bond motifs is 1. The van der Waals surface area contributed by atoms with E-state index in [2.05, 4.69) is 34.3 Å². The van der Waals surface area contributed by atoms with E-state index >= 15 is 0 Å². The van der Waals surface area contributed by atoms with Crippen LogP contribution >= 0.6 is 23.4 Å². The topological polar surface area (TPSA) is 96.2 Å². The van der Waals surface area contributed by atoms with Crippen LogP contribution in [0.25, 0.3) is 10.9 Å². The van der Waals surface area contributed by atoms with Crippen molar-refractivity contribution < 1.29 is 4.79 Å². The lowest BCUT2D eigenvalue weighted by atomic mass is 10.0. The smallest absolute Gasteiger partial charge is 0.222 e. The number of amides is 1. The van der Waals surface area contributed by atoms with Crippen molar-refractivity contribution in [2.24, 2.45) is 0 Å². The lowest BCUT2D eigenvalue weighted by Crippen LogP contribution is -2.48. The number of carbonyl (C=O) groups excluding carboxylic acids is 1. The molecule has 0 spiro atoms. The van der Waals surface area contributed by atoms with Crippen LogP contribution < -0.4 is 5.32 Å². The summed E-state index contributed by atoms with van der Waals surface area (Å²) in [7, 11) is 0. The van der Waals surface area contributed by atoms with Crippen LogP contribution in [-0.4, -0.2) is 57.2 Å². The molecule has 1 aliphatic heterocycles. The molecule has 2 heterocycles. The number of benzene rings is 1. The average molecular weight is 419 g/mol. The standard InChI is InChI=1S/C19H23ClN6OS/c1-12(14-3-4-15-16(20)5-6-23-17(15)11-14)25-7-9-26(10-8-25)19(22)28-18(21)24-13(2)27/h3-6,11-12,22H,7-10H2,1-2H3,(H2,21,24,27). The fourth-order valence-corrected chi connectivity index (χ4v) is 4.18. The molecule has 148 valence electrons. The predicted octanol–water partition coefficient (Wildman–Crippen LogP) is 3.31. The summed E-state index contributed by atoms with van der Waals surface area (Å²) in [5.74, 6) is -0.296. The van der Waals surface area contributed by atoms with E-state index < -0.39 is 0 Å². The molecule has 1 aromatic carbocycles. The first kappa shape index (κ1) is 20.6. The second kappa shape index (κ2) is 8.89. The Morgan fingerprint density at radius 1 is 1.25 bits per heavy atom. The zero-order valence-electron chi connectivity index (χ0n) is 15.8. The van der Waals surface area contributed by atoms with E-state index in [1.165, 1.54) is 12.5 Å². The Morgan fingerprint density at radius 3 is 2.64 bits per heavy atom. The summed E-state index contributed by atoms with van der Waals surface area (Å²) in [6.45, 7) is 6.59. The van der Waals surface area contributed by atoms with E-state index in [-0.39, 0.29) is 22.3 Å².